The fourth-order valence-electron chi connectivity index (χ4n) is 3.45. The number of hydrogen-bond acceptors (Lipinski definition) is 4. The number of anilines is 2. The van der Waals surface area contributed by atoms with E-state index < -0.39 is 0 Å². The van der Waals surface area contributed by atoms with Crippen molar-refractivity contribution in [1.29, 1.82) is 0 Å². The van der Waals surface area contributed by atoms with Gasteiger partial charge in [0.25, 0.3) is 0 Å². The smallest absolute Gasteiger partial charge is 0.225 e. The predicted octanol–water partition coefficient (Wildman–Crippen LogP) is 3.46. The average Bonchev–Trinajstić information content (AvgIpc) is 2.69. The summed E-state index contributed by atoms with van der Waals surface area (Å²) in [5.74, 6) is 0.995. The van der Waals surface area contributed by atoms with Crippen LogP contribution in [0.15, 0.2) is 42.5 Å². The van der Waals surface area contributed by atoms with Crippen LogP contribution in [0.2, 0.25) is 0 Å². The van der Waals surface area contributed by atoms with Crippen LogP contribution in [-0.2, 0) is 4.79 Å². The Bertz CT molecular complexity index is 783. The highest BCUT2D eigenvalue weighted by Gasteiger charge is 2.20. The number of amides is 1. The lowest BCUT2D eigenvalue weighted by Gasteiger charge is -2.36. The molecular weight excluding hydrogens is 338 g/mol. The van der Waals surface area contributed by atoms with Crippen LogP contribution in [0.1, 0.15) is 17.5 Å². The molecule has 1 N–H and O–H groups in total. The third kappa shape index (κ3) is 5.01. The van der Waals surface area contributed by atoms with Gasteiger partial charge in [0, 0.05) is 44.8 Å². The first-order chi connectivity index (χ1) is 13.1. The van der Waals surface area contributed by atoms with Gasteiger partial charge in [-0.2, -0.15) is 0 Å². The molecule has 1 heterocycles. The molecule has 0 aromatic heterocycles. The molecule has 1 aliphatic heterocycles. The van der Waals surface area contributed by atoms with Crippen molar-refractivity contribution >= 4 is 17.3 Å². The van der Waals surface area contributed by atoms with Gasteiger partial charge in [0.2, 0.25) is 5.91 Å². The minimum absolute atomic E-state index is 0.0795. The highest BCUT2D eigenvalue weighted by Crippen LogP contribution is 2.28. The SMILES string of the molecule is COc1ccccc1N1CCN(CCC(=O)Nc2cc(C)ccc2C)CC1. The molecule has 0 spiro atoms. The van der Waals surface area contributed by atoms with Crippen LogP contribution in [0.5, 0.6) is 5.75 Å². The van der Waals surface area contributed by atoms with Crippen LogP contribution in [0.3, 0.4) is 0 Å². The normalized spacial score (nSPS) is 14.9. The van der Waals surface area contributed by atoms with Gasteiger partial charge in [-0.05, 0) is 43.2 Å². The summed E-state index contributed by atoms with van der Waals surface area (Å²) < 4.78 is 5.47. The number of benzene rings is 2. The zero-order chi connectivity index (χ0) is 19.2. The van der Waals surface area contributed by atoms with Crippen molar-refractivity contribution in [3.05, 3.63) is 53.6 Å². The molecule has 1 aliphatic rings. The second-order valence-corrected chi connectivity index (χ2v) is 7.12. The second-order valence-electron chi connectivity index (χ2n) is 7.12. The van der Waals surface area contributed by atoms with E-state index >= 15 is 0 Å². The zero-order valence-electron chi connectivity index (χ0n) is 16.5. The van der Waals surface area contributed by atoms with E-state index in [-0.39, 0.29) is 5.91 Å². The average molecular weight is 367 g/mol. The highest BCUT2D eigenvalue weighted by molar-refractivity contribution is 5.91. The molecule has 5 heteroatoms. The Morgan fingerprint density at radius 1 is 1.07 bits per heavy atom. The molecule has 5 nitrogen and oxygen atoms in total. The predicted molar refractivity (Wildman–Crippen MR) is 111 cm³/mol. The van der Waals surface area contributed by atoms with Crippen LogP contribution in [0.4, 0.5) is 11.4 Å². The Morgan fingerprint density at radius 2 is 1.81 bits per heavy atom. The van der Waals surface area contributed by atoms with Gasteiger partial charge in [-0.3, -0.25) is 9.69 Å². The van der Waals surface area contributed by atoms with E-state index in [4.69, 9.17) is 4.74 Å². The quantitative estimate of drug-likeness (QED) is 0.849. The fraction of sp³-hybridized carbons (Fsp3) is 0.409. The molecule has 0 radical (unpaired) electrons. The largest absolute Gasteiger partial charge is 0.495 e. The summed E-state index contributed by atoms with van der Waals surface area (Å²) in [6, 6.07) is 14.3. The number of hydrogen-bond donors (Lipinski definition) is 1. The van der Waals surface area contributed by atoms with E-state index in [0.29, 0.717) is 6.42 Å². The van der Waals surface area contributed by atoms with Gasteiger partial charge in [0.05, 0.1) is 12.8 Å². The minimum Gasteiger partial charge on any atom is -0.495 e. The van der Waals surface area contributed by atoms with E-state index in [9.17, 15) is 4.79 Å². The van der Waals surface area contributed by atoms with Gasteiger partial charge in [-0.1, -0.05) is 24.3 Å². The summed E-state index contributed by atoms with van der Waals surface area (Å²) in [6.45, 7) is 8.64. The van der Waals surface area contributed by atoms with Crippen LogP contribution < -0.4 is 15.0 Å². The molecule has 0 bridgehead atoms. The molecule has 0 saturated carbocycles. The third-order valence-electron chi connectivity index (χ3n) is 5.12. The van der Waals surface area contributed by atoms with Crippen molar-refractivity contribution in [1.82, 2.24) is 4.90 Å². The van der Waals surface area contributed by atoms with Crippen LogP contribution in [-0.4, -0.2) is 50.6 Å². The molecule has 144 valence electrons. The van der Waals surface area contributed by atoms with Crippen molar-refractivity contribution in [3.8, 4) is 5.75 Å². The molecule has 1 saturated heterocycles. The molecule has 2 aromatic carbocycles. The van der Waals surface area contributed by atoms with Gasteiger partial charge in [0.15, 0.2) is 0 Å². The first kappa shape index (κ1) is 19.2. The summed E-state index contributed by atoms with van der Waals surface area (Å²) >= 11 is 0. The maximum Gasteiger partial charge on any atom is 0.225 e. The summed E-state index contributed by atoms with van der Waals surface area (Å²) in [6.07, 6.45) is 0.516. The minimum atomic E-state index is 0.0795. The molecule has 0 atom stereocenters. The maximum absolute atomic E-state index is 12.3. The topological polar surface area (TPSA) is 44.8 Å². The van der Waals surface area contributed by atoms with Crippen molar-refractivity contribution in [2.45, 2.75) is 20.3 Å². The molecule has 1 fully saturated rings. The van der Waals surface area contributed by atoms with Crippen LogP contribution in [0, 0.1) is 13.8 Å². The Balaban J connectivity index is 1.47. The Labute approximate surface area is 161 Å². The molecule has 3 rings (SSSR count). The number of aryl methyl sites for hydroxylation is 2. The third-order valence-corrected chi connectivity index (χ3v) is 5.12. The number of nitrogens with zero attached hydrogens (tertiary/aromatic N) is 2. The number of rotatable bonds is 6. The van der Waals surface area contributed by atoms with Crippen LogP contribution in [0.25, 0.3) is 0 Å². The van der Waals surface area contributed by atoms with E-state index in [1.807, 2.05) is 44.2 Å². The number of nitrogens with one attached hydrogen (secondary N) is 1. The fourth-order valence-corrected chi connectivity index (χ4v) is 3.45. The van der Waals surface area contributed by atoms with Gasteiger partial charge < -0.3 is 15.0 Å². The number of carbonyl (C=O) groups is 1. The van der Waals surface area contributed by atoms with Crippen molar-refractivity contribution in [2.75, 3.05) is 50.1 Å². The summed E-state index contributed by atoms with van der Waals surface area (Å²) in [7, 11) is 1.71. The zero-order valence-corrected chi connectivity index (χ0v) is 16.5. The highest BCUT2D eigenvalue weighted by atomic mass is 16.5. The lowest BCUT2D eigenvalue weighted by molar-refractivity contribution is -0.116. The van der Waals surface area contributed by atoms with Gasteiger partial charge in [0.1, 0.15) is 5.75 Å². The molecule has 2 aromatic rings. The second kappa shape index (κ2) is 8.91. The van der Waals surface area contributed by atoms with E-state index in [1.165, 1.54) is 0 Å². The monoisotopic (exact) mass is 367 g/mol. The standard InChI is InChI=1S/C22H29N3O2/c1-17-8-9-18(2)19(16-17)23-22(26)10-11-24-12-14-25(15-13-24)20-6-4-5-7-21(20)27-3/h4-9,16H,10-15H2,1-3H3,(H,23,26). The number of piperazine rings is 1. The number of methoxy groups -OCH3 is 1. The molecule has 1 amide bonds. The van der Waals surface area contributed by atoms with Crippen LogP contribution >= 0.6 is 0 Å². The molecule has 0 unspecified atom stereocenters. The van der Waals surface area contributed by atoms with Crippen molar-refractivity contribution < 1.29 is 9.53 Å². The first-order valence-corrected chi connectivity index (χ1v) is 9.54. The molecule has 0 aliphatic carbocycles. The Hall–Kier alpha value is -2.53. The number of ether oxygens (including phenoxy) is 1. The number of para-hydroxylation sites is 2. The van der Waals surface area contributed by atoms with Gasteiger partial charge in [-0.15, -0.1) is 0 Å². The van der Waals surface area contributed by atoms with E-state index in [0.717, 1.165) is 61.0 Å². The molecule has 27 heavy (non-hydrogen) atoms. The van der Waals surface area contributed by atoms with E-state index in [1.54, 1.807) is 7.11 Å². The summed E-state index contributed by atoms with van der Waals surface area (Å²) in [5.41, 5.74) is 4.32. The first-order valence-electron chi connectivity index (χ1n) is 9.54. The molecular formula is C22H29N3O2. The Morgan fingerprint density at radius 3 is 2.56 bits per heavy atom. The lowest BCUT2D eigenvalue weighted by atomic mass is 10.1. The van der Waals surface area contributed by atoms with E-state index in [2.05, 4.69) is 27.2 Å². The summed E-state index contributed by atoms with van der Waals surface area (Å²) in [5, 5.41) is 3.05. The maximum atomic E-state index is 12.3. The van der Waals surface area contributed by atoms with Gasteiger partial charge >= 0.3 is 0 Å². The van der Waals surface area contributed by atoms with Crippen molar-refractivity contribution in [2.24, 2.45) is 0 Å². The lowest BCUT2D eigenvalue weighted by Crippen LogP contribution is -2.47. The van der Waals surface area contributed by atoms with Gasteiger partial charge in [-0.25, -0.2) is 0 Å². The number of carbonyl (C=O) groups excluding carboxylic acids is 1. The summed E-state index contributed by atoms with van der Waals surface area (Å²) in [4.78, 5) is 17.0. The van der Waals surface area contributed by atoms with Crippen molar-refractivity contribution in [3.63, 3.8) is 0 Å². The Kier molecular flexibility index (Phi) is 6.35.